The topological polar surface area (TPSA) is 24.1 Å². The first-order valence-corrected chi connectivity index (χ1v) is 5.95. The van der Waals surface area contributed by atoms with E-state index in [1.807, 2.05) is 19.1 Å². The van der Waals surface area contributed by atoms with Crippen molar-refractivity contribution in [1.29, 1.82) is 0 Å². The molecule has 2 rings (SSSR count). The van der Waals surface area contributed by atoms with Gasteiger partial charge in [-0.05, 0) is 31.4 Å². The summed E-state index contributed by atoms with van der Waals surface area (Å²) in [6.45, 7) is 4.38. The lowest BCUT2D eigenvalue weighted by atomic mass is 10.1. The Bertz CT molecular complexity index is 348. The van der Waals surface area contributed by atoms with Crippen molar-refractivity contribution < 1.29 is 4.39 Å². The summed E-state index contributed by atoms with van der Waals surface area (Å²) in [5.41, 5.74) is 1.72. The largest absolute Gasteiger partial charge is 0.313 e. The van der Waals surface area contributed by atoms with E-state index >= 15 is 0 Å². The van der Waals surface area contributed by atoms with E-state index < -0.39 is 0 Å². The van der Waals surface area contributed by atoms with Crippen LogP contribution in [0.4, 0.5) is 4.39 Å². The van der Waals surface area contributed by atoms with E-state index in [1.165, 1.54) is 12.8 Å². The zero-order chi connectivity index (χ0) is 11.4. The Morgan fingerprint density at radius 2 is 2.12 bits per heavy atom. The van der Waals surface area contributed by atoms with Gasteiger partial charge in [-0.3, -0.25) is 0 Å². The monoisotopic (exact) mass is 222 g/mol. The molecule has 0 radical (unpaired) electrons. The summed E-state index contributed by atoms with van der Waals surface area (Å²) in [6, 6.07) is 6.13. The lowest BCUT2D eigenvalue weighted by molar-refractivity contribution is 0.572. The van der Waals surface area contributed by atoms with E-state index in [9.17, 15) is 4.39 Å². The third kappa shape index (κ3) is 3.58. The van der Waals surface area contributed by atoms with Gasteiger partial charge in [-0.2, -0.15) is 0 Å². The molecule has 1 aliphatic carbocycles. The normalized spacial score (nSPS) is 15.4. The van der Waals surface area contributed by atoms with Crippen molar-refractivity contribution in [2.24, 2.45) is 0 Å². The minimum absolute atomic E-state index is 0.109. The van der Waals surface area contributed by atoms with Gasteiger partial charge in [0.25, 0.3) is 0 Å². The van der Waals surface area contributed by atoms with E-state index in [1.54, 1.807) is 6.07 Å². The Balaban J connectivity index is 1.67. The van der Waals surface area contributed by atoms with Crippen molar-refractivity contribution in [1.82, 2.24) is 10.6 Å². The molecule has 16 heavy (non-hydrogen) atoms. The highest BCUT2D eigenvalue weighted by molar-refractivity contribution is 5.23. The van der Waals surface area contributed by atoms with Crippen molar-refractivity contribution in [3.8, 4) is 0 Å². The Labute approximate surface area is 96.2 Å². The van der Waals surface area contributed by atoms with Crippen molar-refractivity contribution in [3.05, 3.63) is 35.1 Å². The first-order chi connectivity index (χ1) is 7.75. The molecule has 0 bridgehead atoms. The third-order valence-corrected chi connectivity index (χ3v) is 2.84. The second-order valence-corrected chi connectivity index (χ2v) is 4.50. The number of halogens is 1. The average Bonchev–Trinajstić information content (AvgIpc) is 3.04. The maximum Gasteiger partial charge on any atom is 0.127 e. The van der Waals surface area contributed by atoms with Crippen LogP contribution in [-0.4, -0.2) is 19.1 Å². The molecule has 1 aromatic carbocycles. The van der Waals surface area contributed by atoms with Crippen LogP contribution in [0.15, 0.2) is 18.2 Å². The number of nitrogens with one attached hydrogen (secondary N) is 2. The van der Waals surface area contributed by atoms with Gasteiger partial charge in [0.05, 0.1) is 0 Å². The summed E-state index contributed by atoms with van der Waals surface area (Å²) in [4.78, 5) is 0. The molecule has 88 valence electrons. The molecule has 0 heterocycles. The average molecular weight is 222 g/mol. The predicted octanol–water partition coefficient (Wildman–Crippen LogP) is 1.98. The van der Waals surface area contributed by atoms with Crippen LogP contribution in [0.2, 0.25) is 0 Å². The number of hydrogen-bond acceptors (Lipinski definition) is 2. The van der Waals surface area contributed by atoms with E-state index in [0.717, 1.165) is 30.3 Å². The second-order valence-electron chi connectivity index (χ2n) is 4.50. The van der Waals surface area contributed by atoms with E-state index in [2.05, 4.69) is 10.6 Å². The first kappa shape index (κ1) is 11.6. The summed E-state index contributed by atoms with van der Waals surface area (Å²) >= 11 is 0. The molecule has 0 amide bonds. The van der Waals surface area contributed by atoms with Gasteiger partial charge >= 0.3 is 0 Å². The molecule has 3 heteroatoms. The Kier molecular flexibility index (Phi) is 3.91. The Morgan fingerprint density at radius 3 is 2.81 bits per heavy atom. The number of rotatable bonds is 6. The molecular weight excluding hydrogens is 203 g/mol. The summed E-state index contributed by atoms with van der Waals surface area (Å²) in [5.74, 6) is -0.109. The molecule has 0 spiro atoms. The van der Waals surface area contributed by atoms with Gasteiger partial charge in [-0.25, -0.2) is 4.39 Å². The molecule has 1 fully saturated rings. The van der Waals surface area contributed by atoms with Crippen molar-refractivity contribution in [3.63, 3.8) is 0 Å². The molecule has 2 N–H and O–H groups in total. The fourth-order valence-electron chi connectivity index (χ4n) is 1.67. The first-order valence-electron chi connectivity index (χ1n) is 5.95. The van der Waals surface area contributed by atoms with Crippen LogP contribution >= 0.6 is 0 Å². The molecule has 1 aliphatic rings. The van der Waals surface area contributed by atoms with Gasteiger partial charge in [-0.15, -0.1) is 0 Å². The highest BCUT2D eigenvalue weighted by atomic mass is 19.1. The Hall–Kier alpha value is -0.930. The molecular formula is C13H19FN2. The van der Waals surface area contributed by atoms with Crippen LogP contribution in [-0.2, 0) is 6.54 Å². The third-order valence-electron chi connectivity index (χ3n) is 2.84. The predicted molar refractivity (Wildman–Crippen MR) is 63.9 cm³/mol. The maximum absolute atomic E-state index is 13.4. The molecule has 0 aromatic heterocycles. The highest BCUT2D eigenvalue weighted by Gasteiger charge is 2.19. The lowest BCUT2D eigenvalue weighted by Crippen LogP contribution is -2.28. The SMILES string of the molecule is Cc1ccc(CNCCNC2CC2)c(F)c1. The molecule has 1 aromatic rings. The molecule has 1 saturated carbocycles. The van der Waals surface area contributed by atoms with Gasteiger partial charge in [0.2, 0.25) is 0 Å². The van der Waals surface area contributed by atoms with Gasteiger partial charge in [0.1, 0.15) is 5.82 Å². The summed E-state index contributed by atoms with van der Waals surface area (Å²) in [5, 5.41) is 6.65. The summed E-state index contributed by atoms with van der Waals surface area (Å²) in [7, 11) is 0. The van der Waals surface area contributed by atoms with Crippen LogP contribution in [0, 0.1) is 12.7 Å². The number of hydrogen-bond donors (Lipinski definition) is 2. The van der Waals surface area contributed by atoms with E-state index in [-0.39, 0.29) is 5.82 Å². The van der Waals surface area contributed by atoms with Crippen molar-refractivity contribution in [2.75, 3.05) is 13.1 Å². The van der Waals surface area contributed by atoms with Crippen LogP contribution in [0.3, 0.4) is 0 Å². The fraction of sp³-hybridized carbons (Fsp3) is 0.538. The van der Waals surface area contributed by atoms with Crippen molar-refractivity contribution in [2.45, 2.75) is 32.4 Å². The molecule has 0 atom stereocenters. The van der Waals surface area contributed by atoms with E-state index in [4.69, 9.17) is 0 Å². The van der Waals surface area contributed by atoms with Gasteiger partial charge in [0.15, 0.2) is 0 Å². The lowest BCUT2D eigenvalue weighted by Gasteiger charge is -2.07. The van der Waals surface area contributed by atoms with E-state index in [0.29, 0.717) is 6.54 Å². The molecule has 0 unspecified atom stereocenters. The zero-order valence-electron chi connectivity index (χ0n) is 9.72. The smallest absolute Gasteiger partial charge is 0.127 e. The minimum Gasteiger partial charge on any atom is -0.313 e. The van der Waals surface area contributed by atoms with Crippen LogP contribution < -0.4 is 10.6 Å². The van der Waals surface area contributed by atoms with Gasteiger partial charge < -0.3 is 10.6 Å². The van der Waals surface area contributed by atoms with Crippen LogP contribution in [0.5, 0.6) is 0 Å². The molecule has 0 saturated heterocycles. The van der Waals surface area contributed by atoms with Crippen LogP contribution in [0.25, 0.3) is 0 Å². The summed E-state index contributed by atoms with van der Waals surface area (Å²) in [6.07, 6.45) is 2.62. The Morgan fingerprint density at radius 1 is 1.31 bits per heavy atom. The standard InChI is InChI=1S/C13H19FN2/c1-10-2-3-11(13(14)8-10)9-15-6-7-16-12-4-5-12/h2-3,8,12,15-16H,4-7,9H2,1H3. The number of benzene rings is 1. The fourth-order valence-corrected chi connectivity index (χ4v) is 1.67. The number of aryl methyl sites for hydroxylation is 1. The highest BCUT2D eigenvalue weighted by Crippen LogP contribution is 2.17. The molecule has 2 nitrogen and oxygen atoms in total. The zero-order valence-corrected chi connectivity index (χ0v) is 9.72. The maximum atomic E-state index is 13.4. The van der Waals surface area contributed by atoms with Gasteiger partial charge in [0, 0.05) is 31.2 Å². The van der Waals surface area contributed by atoms with Gasteiger partial charge in [-0.1, -0.05) is 12.1 Å². The minimum atomic E-state index is -0.109. The second kappa shape index (κ2) is 5.41. The quantitative estimate of drug-likeness (QED) is 0.719. The van der Waals surface area contributed by atoms with Crippen LogP contribution in [0.1, 0.15) is 24.0 Å². The summed E-state index contributed by atoms with van der Waals surface area (Å²) < 4.78 is 13.4. The molecule has 0 aliphatic heterocycles. The van der Waals surface area contributed by atoms with Crippen molar-refractivity contribution >= 4 is 0 Å².